The summed E-state index contributed by atoms with van der Waals surface area (Å²) in [5, 5.41) is 0. The van der Waals surface area contributed by atoms with E-state index < -0.39 is 0 Å². The fourth-order valence-corrected chi connectivity index (χ4v) is 6.00. The molecule has 0 atom stereocenters. The van der Waals surface area contributed by atoms with Gasteiger partial charge in [-0.1, -0.05) is 71.4 Å². The van der Waals surface area contributed by atoms with Gasteiger partial charge in [0, 0.05) is 64.4 Å². The first-order valence-electron chi connectivity index (χ1n) is 20.1. The van der Waals surface area contributed by atoms with Crippen LogP contribution in [-0.4, -0.2) is 73.5 Å². The van der Waals surface area contributed by atoms with Crippen molar-refractivity contribution in [3.05, 3.63) is 62.8 Å². The Balaban J connectivity index is 0.00000111. The van der Waals surface area contributed by atoms with Crippen LogP contribution in [0.4, 0.5) is 0 Å². The van der Waals surface area contributed by atoms with Gasteiger partial charge in [0.2, 0.25) is 18.1 Å². The normalized spacial score (nSPS) is 10.5. The molecular weight excluding hydrogens is 732 g/mol. The molecule has 0 N–H and O–H groups in total. The largest absolute Gasteiger partial charge is 1.00 e. The molecule has 0 saturated carbocycles. The predicted molar refractivity (Wildman–Crippen MR) is 211 cm³/mol. The summed E-state index contributed by atoms with van der Waals surface area (Å²) in [6.45, 7) is 18.5. The first-order valence-corrected chi connectivity index (χ1v) is 20.1. The van der Waals surface area contributed by atoms with Crippen LogP contribution in [0.15, 0.2) is 62.8 Å². The quantitative estimate of drug-likeness (QED) is 0.0613. The Labute approximate surface area is 331 Å². The summed E-state index contributed by atoms with van der Waals surface area (Å²) in [5.41, 5.74) is 0. The average Bonchev–Trinajstić information content (AvgIpc) is 3.86. The number of carbonyl (C=O) groups is 4. The molecule has 0 aromatic carbocycles. The molecular formula is C42H71BrN6O4. The molecule has 10 nitrogen and oxygen atoms in total. The lowest BCUT2D eigenvalue weighted by Crippen LogP contribution is -3.00. The topological polar surface area (TPSA) is 101 Å². The third-order valence-corrected chi connectivity index (χ3v) is 9.37. The SMILES string of the molecule is C=CC(=O)CCCCN(CC)C(=O)CCn1cc[n+](CCCCCCCCCCCC)c1.C=CC(=O)CCCCN(CC)C(=O)CCn1ccnc1.[Br-]. The standard InChI is InChI=1S/C27H48N3O2.C15H23N3O2.BrH/c1-4-7-8-9-10-11-12-13-14-16-20-28-23-24-29(25-28)22-19-27(32)30(6-3)21-17-15-18-26(31)5-2;1-3-14(19)7-5-6-10-18(4-2)15(20)8-11-17-12-9-16-13-17;/h5,23-25H,2,4,6-22H2,1,3H3;3,9,12-13H,1,4-8,10-11H2,2H3;1H/q+1;;/p-1. The molecule has 0 radical (unpaired) electrons. The van der Waals surface area contributed by atoms with Gasteiger partial charge in [0.15, 0.2) is 11.6 Å². The molecule has 11 heteroatoms. The maximum Gasteiger partial charge on any atom is 0.243 e. The number of amides is 2. The van der Waals surface area contributed by atoms with Crippen molar-refractivity contribution >= 4 is 23.4 Å². The molecule has 0 aliphatic carbocycles. The van der Waals surface area contributed by atoms with E-state index in [1.807, 2.05) is 34.4 Å². The van der Waals surface area contributed by atoms with Crippen molar-refractivity contribution in [1.29, 1.82) is 0 Å². The van der Waals surface area contributed by atoms with E-state index in [-0.39, 0.29) is 40.4 Å². The molecule has 53 heavy (non-hydrogen) atoms. The second kappa shape index (κ2) is 33.2. The van der Waals surface area contributed by atoms with Gasteiger partial charge in [-0.05, 0) is 64.5 Å². The average molecular weight is 804 g/mol. The minimum absolute atomic E-state index is 0. The highest BCUT2D eigenvalue weighted by molar-refractivity contribution is 5.89. The molecule has 2 aromatic rings. The summed E-state index contributed by atoms with van der Waals surface area (Å²) in [7, 11) is 0. The summed E-state index contributed by atoms with van der Waals surface area (Å²) in [6, 6.07) is 0. The molecule has 0 saturated heterocycles. The monoisotopic (exact) mass is 802 g/mol. The van der Waals surface area contributed by atoms with E-state index in [1.165, 1.54) is 76.4 Å². The van der Waals surface area contributed by atoms with E-state index in [0.29, 0.717) is 45.3 Å². The molecule has 0 fully saturated rings. The van der Waals surface area contributed by atoms with E-state index in [2.05, 4.69) is 52.9 Å². The van der Waals surface area contributed by atoms with Crippen molar-refractivity contribution in [2.75, 3.05) is 26.2 Å². The molecule has 2 rings (SSSR count). The third-order valence-electron chi connectivity index (χ3n) is 9.37. The highest BCUT2D eigenvalue weighted by Gasteiger charge is 2.14. The van der Waals surface area contributed by atoms with Crippen molar-refractivity contribution < 1.29 is 40.7 Å². The fraction of sp³-hybridized carbons (Fsp3) is 0.667. The van der Waals surface area contributed by atoms with Crippen LogP contribution in [0, 0.1) is 0 Å². The number of nitrogens with zero attached hydrogens (tertiary/aromatic N) is 6. The molecule has 0 unspecified atom stereocenters. The molecule has 2 aromatic heterocycles. The van der Waals surface area contributed by atoms with Gasteiger partial charge in [0.05, 0.1) is 25.8 Å². The lowest BCUT2D eigenvalue weighted by Gasteiger charge is -2.20. The Morgan fingerprint density at radius 2 is 1.13 bits per heavy atom. The molecule has 0 bridgehead atoms. The number of hydrogen-bond acceptors (Lipinski definition) is 5. The Morgan fingerprint density at radius 3 is 1.58 bits per heavy atom. The Morgan fingerprint density at radius 1 is 0.642 bits per heavy atom. The van der Waals surface area contributed by atoms with Crippen molar-refractivity contribution in [3.8, 4) is 0 Å². The maximum atomic E-state index is 12.5. The number of rotatable bonds is 31. The number of unbranched alkanes of at least 4 members (excludes halogenated alkanes) is 11. The maximum absolute atomic E-state index is 12.5. The highest BCUT2D eigenvalue weighted by Crippen LogP contribution is 2.11. The number of halogens is 1. The van der Waals surface area contributed by atoms with Crippen molar-refractivity contribution in [3.63, 3.8) is 0 Å². The van der Waals surface area contributed by atoms with E-state index in [4.69, 9.17) is 0 Å². The lowest BCUT2D eigenvalue weighted by atomic mass is 10.1. The van der Waals surface area contributed by atoms with E-state index >= 15 is 0 Å². The summed E-state index contributed by atoms with van der Waals surface area (Å²) in [4.78, 5) is 54.7. The Hall–Kier alpha value is -3.34. The second-order valence-corrected chi connectivity index (χ2v) is 13.6. The summed E-state index contributed by atoms with van der Waals surface area (Å²) < 4.78 is 6.25. The summed E-state index contributed by atoms with van der Waals surface area (Å²) in [6.07, 6.45) is 33.3. The minimum Gasteiger partial charge on any atom is -1.00 e. The number of aryl methyl sites for hydroxylation is 3. The van der Waals surface area contributed by atoms with Crippen molar-refractivity contribution in [1.82, 2.24) is 23.9 Å². The van der Waals surface area contributed by atoms with Crippen LogP contribution >= 0.6 is 0 Å². The van der Waals surface area contributed by atoms with Gasteiger partial charge in [-0.3, -0.25) is 19.2 Å². The van der Waals surface area contributed by atoms with Gasteiger partial charge in [0.25, 0.3) is 0 Å². The molecule has 0 aliphatic rings. The Kier molecular flexibility index (Phi) is 31.2. The fourth-order valence-electron chi connectivity index (χ4n) is 6.00. The summed E-state index contributed by atoms with van der Waals surface area (Å²) >= 11 is 0. The number of aromatic nitrogens is 4. The van der Waals surface area contributed by atoms with E-state index in [1.54, 1.807) is 12.5 Å². The smallest absolute Gasteiger partial charge is 0.243 e. The first-order chi connectivity index (χ1) is 25.3. The lowest BCUT2D eigenvalue weighted by molar-refractivity contribution is -0.696. The molecule has 2 heterocycles. The van der Waals surface area contributed by atoms with Crippen LogP contribution in [0.1, 0.15) is 136 Å². The molecule has 0 aliphatic heterocycles. The third kappa shape index (κ3) is 25.3. The Bertz CT molecular complexity index is 1260. The van der Waals surface area contributed by atoms with Crippen LogP contribution in [-0.2, 0) is 38.8 Å². The van der Waals surface area contributed by atoms with Gasteiger partial charge < -0.3 is 31.3 Å². The minimum atomic E-state index is 0. The van der Waals surface area contributed by atoms with Crippen LogP contribution in [0.2, 0.25) is 0 Å². The molecule has 0 spiro atoms. The van der Waals surface area contributed by atoms with Gasteiger partial charge in [0.1, 0.15) is 12.4 Å². The van der Waals surface area contributed by atoms with E-state index in [0.717, 1.165) is 51.9 Å². The molecule has 2 amide bonds. The van der Waals surface area contributed by atoms with Crippen molar-refractivity contribution in [2.24, 2.45) is 0 Å². The van der Waals surface area contributed by atoms with Crippen LogP contribution < -0.4 is 21.5 Å². The zero-order valence-electron chi connectivity index (χ0n) is 33.4. The number of carbonyl (C=O) groups excluding carboxylic acids is 4. The zero-order chi connectivity index (χ0) is 38.2. The van der Waals surface area contributed by atoms with Gasteiger partial charge >= 0.3 is 0 Å². The van der Waals surface area contributed by atoms with Gasteiger partial charge in [-0.2, -0.15) is 0 Å². The van der Waals surface area contributed by atoms with Gasteiger partial charge in [-0.15, -0.1) is 0 Å². The van der Waals surface area contributed by atoms with Crippen LogP contribution in [0.5, 0.6) is 0 Å². The second-order valence-electron chi connectivity index (χ2n) is 13.6. The number of ketones is 2. The molecule has 300 valence electrons. The first kappa shape index (κ1) is 49.7. The highest BCUT2D eigenvalue weighted by atomic mass is 79.9. The van der Waals surface area contributed by atoms with Gasteiger partial charge in [-0.25, -0.2) is 14.1 Å². The predicted octanol–water partition coefficient (Wildman–Crippen LogP) is 4.91. The van der Waals surface area contributed by atoms with Crippen LogP contribution in [0.25, 0.3) is 0 Å². The number of imidazole rings is 2. The van der Waals surface area contributed by atoms with Crippen LogP contribution in [0.3, 0.4) is 0 Å². The van der Waals surface area contributed by atoms with Crippen molar-refractivity contribution in [2.45, 2.75) is 156 Å². The van der Waals surface area contributed by atoms with E-state index in [9.17, 15) is 19.2 Å². The zero-order valence-corrected chi connectivity index (χ0v) is 35.0. The number of allylic oxidation sites excluding steroid dienone is 2. The summed E-state index contributed by atoms with van der Waals surface area (Å²) in [5.74, 6) is 0.492. The number of hydrogen-bond donors (Lipinski definition) is 0.